The van der Waals surface area contributed by atoms with Crippen LogP contribution in [0.15, 0.2) is 48.5 Å². The molecule has 2 aromatic rings. The van der Waals surface area contributed by atoms with Crippen LogP contribution in [0.1, 0.15) is 31.7 Å². The van der Waals surface area contributed by atoms with Gasteiger partial charge in [-0.3, -0.25) is 4.79 Å². The molecule has 0 saturated heterocycles. The van der Waals surface area contributed by atoms with Crippen molar-refractivity contribution >= 4 is 5.97 Å². The fraction of sp³-hybridized carbons (Fsp3) is 0.316. The molecule has 2 N–H and O–H groups in total. The largest absolute Gasteiger partial charge is 0.480 e. The Hall–Kier alpha value is -2.40. The van der Waals surface area contributed by atoms with Crippen molar-refractivity contribution in [3.63, 3.8) is 0 Å². The van der Waals surface area contributed by atoms with Crippen LogP contribution < -0.4 is 10.1 Å². The third kappa shape index (κ3) is 5.66. The maximum atomic E-state index is 13.1. The summed E-state index contributed by atoms with van der Waals surface area (Å²) in [6, 6.07) is 12.7. The molecule has 1 unspecified atom stereocenters. The number of carboxylic acid groups (broad SMARTS) is 1. The lowest BCUT2D eigenvalue weighted by molar-refractivity contribution is -0.139. The van der Waals surface area contributed by atoms with E-state index in [1.807, 2.05) is 19.1 Å². The first kappa shape index (κ1) is 17.9. The normalized spacial score (nSPS) is 11.9. The fourth-order valence-electron chi connectivity index (χ4n) is 2.30. The number of unbranched alkanes of at least 4 members (excludes halogenated alkanes) is 1. The quantitative estimate of drug-likeness (QED) is 0.717. The summed E-state index contributed by atoms with van der Waals surface area (Å²) in [6.07, 6.45) is 2.47. The minimum atomic E-state index is -0.825. The van der Waals surface area contributed by atoms with E-state index in [0.717, 1.165) is 18.4 Å². The number of carboxylic acids is 1. The average Bonchev–Trinajstić information content (AvgIpc) is 2.56. The Balaban J connectivity index is 1.90. The molecule has 5 heteroatoms. The smallest absolute Gasteiger partial charge is 0.320 e. The molecule has 0 saturated carbocycles. The van der Waals surface area contributed by atoms with E-state index < -0.39 is 12.0 Å². The maximum Gasteiger partial charge on any atom is 0.320 e. The zero-order valence-electron chi connectivity index (χ0n) is 13.7. The highest BCUT2D eigenvalue weighted by atomic mass is 19.1. The molecule has 4 nitrogen and oxygen atoms in total. The predicted molar refractivity (Wildman–Crippen MR) is 90.7 cm³/mol. The van der Waals surface area contributed by atoms with Crippen LogP contribution in [0.4, 0.5) is 4.39 Å². The third-order valence-electron chi connectivity index (χ3n) is 3.65. The highest BCUT2D eigenvalue weighted by molar-refractivity contribution is 5.73. The van der Waals surface area contributed by atoms with E-state index in [1.54, 1.807) is 24.3 Å². The summed E-state index contributed by atoms with van der Waals surface area (Å²) >= 11 is 0. The number of halogens is 1. The van der Waals surface area contributed by atoms with Crippen molar-refractivity contribution in [3.05, 3.63) is 59.9 Å². The average molecular weight is 331 g/mol. The molecule has 0 aromatic heterocycles. The molecule has 0 aliphatic heterocycles. The minimum absolute atomic E-state index is 0.347. The molecule has 0 aliphatic carbocycles. The first-order valence-electron chi connectivity index (χ1n) is 8.07. The summed E-state index contributed by atoms with van der Waals surface area (Å²) in [5, 5.41) is 12.3. The van der Waals surface area contributed by atoms with E-state index in [-0.39, 0.29) is 5.82 Å². The summed E-state index contributed by atoms with van der Waals surface area (Å²) in [7, 11) is 0. The van der Waals surface area contributed by atoms with Gasteiger partial charge in [0.25, 0.3) is 0 Å². The zero-order valence-corrected chi connectivity index (χ0v) is 13.7. The van der Waals surface area contributed by atoms with E-state index in [0.29, 0.717) is 24.5 Å². The molecule has 0 heterocycles. The summed E-state index contributed by atoms with van der Waals surface area (Å²) in [6.45, 7) is 2.51. The van der Waals surface area contributed by atoms with Crippen molar-refractivity contribution in [2.24, 2.45) is 0 Å². The molecular formula is C19H22FNO3. The van der Waals surface area contributed by atoms with Gasteiger partial charge in [0.05, 0.1) is 0 Å². The summed E-state index contributed by atoms with van der Waals surface area (Å²) < 4.78 is 18.7. The topological polar surface area (TPSA) is 58.6 Å². The molecule has 2 rings (SSSR count). The summed E-state index contributed by atoms with van der Waals surface area (Å²) in [5.41, 5.74) is 0.962. The van der Waals surface area contributed by atoms with Gasteiger partial charge in [0, 0.05) is 12.6 Å². The number of ether oxygens (including phenoxy) is 1. The van der Waals surface area contributed by atoms with Gasteiger partial charge < -0.3 is 15.2 Å². The van der Waals surface area contributed by atoms with Gasteiger partial charge in [0.2, 0.25) is 0 Å². The Kier molecular flexibility index (Phi) is 6.75. The highest BCUT2D eigenvalue weighted by Gasteiger charge is 2.15. The first-order chi connectivity index (χ1) is 11.6. The van der Waals surface area contributed by atoms with Gasteiger partial charge in [-0.05, 0) is 36.2 Å². The number of aliphatic carboxylic acids is 1. The molecule has 128 valence electrons. The van der Waals surface area contributed by atoms with Gasteiger partial charge >= 0.3 is 5.97 Å². The Morgan fingerprint density at radius 1 is 1.21 bits per heavy atom. The Bertz CT molecular complexity index is 658. The van der Waals surface area contributed by atoms with Gasteiger partial charge in [0.15, 0.2) is 0 Å². The van der Waals surface area contributed by atoms with Crippen molar-refractivity contribution < 1.29 is 19.0 Å². The van der Waals surface area contributed by atoms with Crippen LogP contribution >= 0.6 is 0 Å². The molecular weight excluding hydrogens is 309 g/mol. The second kappa shape index (κ2) is 9.03. The van der Waals surface area contributed by atoms with E-state index in [4.69, 9.17) is 4.74 Å². The summed E-state index contributed by atoms with van der Waals surface area (Å²) in [4.78, 5) is 11.2. The third-order valence-corrected chi connectivity index (χ3v) is 3.65. The van der Waals surface area contributed by atoms with Crippen LogP contribution in [0.5, 0.6) is 11.5 Å². The van der Waals surface area contributed by atoms with Crippen LogP contribution in [0.2, 0.25) is 0 Å². The van der Waals surface area contributed by atoms with E-state index in [1.165, 1.54) is 12.1 Å². The van der Waals surface area contributed by atoms with Gasteiger partial charge in [-0.25, -0.2) is 4.39 Å². The monoisotopic (exact) mass is 331 g/mol. The lowest BCUT2D eigenvalue weighted by Crippen LogP contribution is -2.36. The zero-order chi connectivity index (χ0) is 17.4. The second-order valence-corrected chi connectivity index (χ2v) is 5.62. The van der Waals surface area contributed by atoms with Gasteiger partial charge in [-0.15, -0.1) is 0 Å². The Morgan fingerprint density at radius 3 is 2.58 bits per heavy atom. The first-order valence-corrected chi connectivity index (χ1v) is 8.07. The van der Waals surface area contributed by atoms with Gasteiger partial charge in [0.1, 0.15) is 23.4 Å². The second-order valence-electron chi connectivity index (χ2n) is 5.62. The number of rotatable bonds is 9. The standard InChI is InChI=1S/C19H22FNO3/c1-2-3-7-18(19(22)23)21-13-14-8-10-16(11-9-14)24-17-6-4-5-15(20)12-17/h4-6,8-12,18,21H,2-3,7,13H2,1H3,(H,22,23). The fourth-order valence-corrected chi connectivity index (χ4v) is 2.30. The molecule has 2 aromatic carbocycles. The molecule has 0 aliphatic rings. The molecule has 0 amide bonds. The molecule has 1 atom stereocenters. The van der Waals surface area contributed by atoms with Crippen molar-refractivity contribution in [3.8, 4) is 11.5 Å². The Morgan fingerprint density at radius 2 is 1.96 bits per heavy atom. The van der Waals surface area contributed by atoms with Crippen LogP contribution in [-0.2, 0) is 11.3 Å². The number of hydrogen-bond donors (Lipinski definition) is 2. The lowest BCUT2D eigenvalue weighted by Gasteiger charge is -2.14. The van der Waals surface area contributed by atoms with E-state index >= 15 is 0 Å². The lowest BCUT2D eigenvalue weighted by atomic mass is 10.1. The number of nitrogens with one attached hydrogen (secondary N) is 1. The van der Waals surface area contributed by atoms with Crippen molar-refractivity contribution in [1.29, 1.82) is 0 Å². The number of benzene rings is 2. The summed E-state index contributed by atoms with van der Waals surface area (Å²) in [5.74, 6) is -0.133. The van der Waals surface area contributed by atoms with E-state index in [2.05, 4.69) is 5.32 Å². The van der Waals surface area contributed by atoms with Crippen LogP contribution in [0.3, 0.4) is 0 Å². The minimum Gasteiger partial charge on any atom is -0.480 e. The molecule has 0 fully saturated rings. The van der Waals surface area contributed by atoms with Crippen molar-refractivity contribution in [1.82, 2.24) is 5.32 Å². The highest BCUT2D eigenvalue weighted by Crippen LogP contribution is 2.22. The Labute approximate surface area is 141 Å². The SMILES string of the molecule is CCCCC(NCc1ccc(Oc2cccc(F)c2)cc1)C(=O)O. The molecule has 0 bridgehead atoms. The maximum absolute atomic E-state index is 13.1. The predicted octanol–water partition coefficient (Wildman–Crippen LogP) is 4.35. The number of hydrogen-bond acceptors (Lipinski definition) is 3. The van der Waals surface area contributed by atoms with Gasteiger partial charge in [-0.2, -0.15) is 0 Å². The van der Waals surface area contributed by atoms with E-state index in [9.17, 15) is 14.3 Å². The van der Waals surface area contributed by atoms with Crippen molar-refractivity contribution in [2.45, 2.75) is 38.8 Å². The van der Waals surface area contributed by atoms with Crippen LogP contribution in [-0.4, -0.2) is 17.1 Å². The molecule has 24 heavy (non-hydrogen) atoms. The molecule has 0 spiro atoms. The van der Waals surface area contributed by atoms with Crippen molar-refractivity contribution in [2.75, 3.05) is 0 Å². The number of carbonyl (C=O) groups is 1. The van der Waals surface area contributed by atoms with Crippen LogP contribution in [0.25, 0.3) is 0 Å². The van der Waals surface area contributed by atoms with Crippen LogP contribution in [0, 0.1) is 5.82 Å². The molecule has 0 radical (unpaired) electrons. The van der Waals surface area contributed by atoms with Gasteiger partial charge in [-0.1, -0.05) is 38.0 Å².